The first kappa shape index (κ1) is 27.8. The van der Waals surface area contributed by atoms with Gasteiger partial charge in [0.2, 0.25) is 5.91 Å². The molecule has 1 saturated heterocycles. The average Bonchev–Trinajstić information content (AvgIpc) is 3.49. The SMILES string of the molecule is Cc1cccc(CC(=O)[C@@H]2CCC(F)CCN2C(=O)Cn2cc(C(N)=O)c3cc(-c4cnn5c4CCCC5)ccc32)n1. The molecule has 1 unspecified atom stereocenters. The van der Waals surface area contributed by atoms with Crippen LogP contribution in [0.3, 0.4) is 0 Å². The Kier molecular flexibility index (Phi) is 7.62. The van der Waals surface area contributed by atoms with E-state index in [0.29, 0.717) is 22.2 Å². The zero-order valence-corrected chi connectivity index (χ0v) is 23.8. The second-order valence-corrected chi connectivity index (χ2v) is 11.4. The van der Waals surface area contributed by atoms with Crippen molar-refractivity contribution < 1.29 is 18.8 Å². The number of aryl methyl sites for hydroxylation is 2. The molecule has 0 aliphatic carbocycles. The van der Waals surface area contributed by atoms with Gasteiger partial charge >= 0.3 is 0 Å². The van der Waals surface area contributed by atoms with Gasteiger partial charge in [0.25, 0.3) is 5.91 Å². The predicted molar refractivity (Wildman–Crippen MR) is 157 cm³/mol. The molecule has 2 N–H and O–H groups in total. The molecule has 0 spiro atoms. The number of hydrogen-bond donors (Lipinski definition) is 1. The topological polar surface area (TPSA) is 116 Å². The molecule has 42 heavy (non-hydrogen) atoms. The molecule has 2 aliphatic heterocycles. The number of nitrogens with two attached hydrogens (primary N) is 1. The van der Waals surface area contributed by atoms with Gasteiger partial charge in [0.05, 0.1) is 24.2 Å². The van der Waals surface area contributed by atoms with Crippen LogP contribution in [-0.4, -0.2) is 60.6 Å². The molecule has 0 saturated carbocycles. The van der Waals surface area contributed by atoms with Crippen molar-refractivity contribution in [2.24, 2.45) is 5.73 Å². The fourth-order valence-corrected chi connectivity index (χ4v) is 6.39. The average molecular weight is 571 g/mol. The highest BCUT2D eigenvalue weighted by Crippen LogP contribution is 2.32. The zero-order chi connectivity index (χ0) is 29.4. The maximum Gasteiger partial charge on any atom is 0.250 e. The molecule has 9 nitrogen and oxygen atoms in total. The molecule has 0 bridgehead atoms. The molecule has 2 atom stereocenters. The number of hydrogen-bond acceptors (Lipinski definition) is 5. The molecule has 218 valence electrons. The lowest BCUT2D eigenvalue weighted by molar-refractivity contribution is -0.139. The Morgan fingerprint density at radius 1 is 1.07 bits per heavy atom. The number of aromatic nitrogens is 4. The van der Waals surface area contributed by atoms with Crippen LogP contribution in [0.2, 0.25) is 0 Å². The molecule has 2 amide bonds. The van der Waals surface area contributed by atoms with Gasteiger partial charge in [-0.05, 0) is 75.3 Å². The number of benzene rings is 1. The van der Waals surface area contributed by atoms with Gasteiger partial charge in [0.15, 0.2) is 5.78 Å². The van der Waals surface area contributed by atoms with E-state index in [1.165, 1.54) is 10.6 Å². The summed E-state index contributed by atoms with van der Waals surface area (Å²) in [5, 5.41) is 5.20. The van der Waals surface area contributed by atoms with Crippen molar-refractivity contribution in [2.75, 3.05) is 6.54 Å². The van der Waals surface area contributed by atoms with Gasteiger partial charge in [-0.25, -0.2) is 4.39 Å². The van der Waals surface area contributed by atoms with Crippen LogP contribution in [0.5, 0.6) is 0 Å². The molecule has 3 aromatic heterocycles. The summed E-state index contributed by atoms with van der Waals surface area (Å²) in [5.74, 6) is -1.05. The number of fused-ring (bicyclic) bond motifs is 2. The fraction of sp³-hybridized carbons (Fsp3) is 0.406. The maximum absolute atomic E-state index is 14.5. The summed E-state index contributed by atoms with van der Waals surface area (Å²) in [5.41, 5.74) is 11.4. The number of carbonyl (C=O) groups is 3. The van der Waals surface area contributed by atoms with Crippen molar-refractivity contribution in [3.05, 3.63) is 71.4 Å². The number of alkyl halides is 1. The molecule has 10 heteroatoms. The van der Waals surface area contributed by atoms with E-state index in [1.807, 2.05) is 48.1 Å². The van der Waals surface area contributed by atoms with Crippen LogP contribution in [0.1, 0.15) is 59.5 Å². The Morgan fingerprint density at radius 2 is 1.93 bits per heavy atom. The van der Waals surface area contributed by atoms with Crippen molar-refractivity contribution in [3.8, 4) is 11.1 Å². The van der Waals surface area contributed by atoms with E-state index in [9.17, 15) is 18.8 Å². The highest BCUT2D eigenvalue weighted by molar-refractivity contribution is 6.07. The number of pyridine rings is 1. The third-order valence-corrected chi connectivity index (χ3v) is 8.55. The smallest absolute Gasteiger partial charge is 0.250 e. The van der Waals surface area contributed by atoms with Crippen molar-refractivity contribution in [1.29, 1.82) is 0 Å². The zero-order valence-electron chi connectivity index (χ0n) is 23.8. The minimum absolute atomic E-state index is 0.0761. The summed E-state index contributed by atoms with van der Waals surface area (Å²) in [6, 6.07) is 10.6. The van der Waals surface area contributed by atoms with E-state index in [-0.39, 0.29) is 50.5 Å². The number of amides is 2. The summed E-state index contributed by atoms with van der Waals surface area (Å²) in [6.45, 7) is 2.80. The lowest BCUT2D eigenvalue weighted by Gasteiger charge is -2.29. The standard InChI is InChI=1S/C32H35FN6O3/c1-20-5-4-6-23(36-20)16-30(40)29-11-9-22(33)12-14-38(29)31(41)19-37-18-26(32(34)42)24-15-21(8-10-27(24)37)25-17-35-39-13-3-2-7-28(25)39/h4-6,8,10,15,17-18,22,29H,2-3,7,9,11-14,16,19H2,1H3,(H2,34,42)/t22?,29-/m0/s1. The minimum Gasteiger partial charge on any atom is -0.366 e. The third-order valence-electron chi connectivity index (χ3n) is 8.55. The van der Waals surface area contributed by atoms with Crippen LogP contribution in [0.25, 0.3) is 22.0 Å². The highest BCUT2D eigenvalue weighted by atomic mass is 19.1. The summed E-state index contributed by atoms with van der Waals surface area (Å²) >= 11 is 0. The van der Waals surface area contributed by atoms with Crippen molar-refractivity contribution >= 4 is 28.5 Å². The number of Topliss-reactive ketones (excluding diaryl/α,β-unsaturated/α-hetero) is 1. The van der Waals surface area contributed by atoms with Crippen LogP contribution in [0.15, 0.2) is 48.8 Å². The minimum atomic E-state index is -1.07. The highest BCUT2D eigenvalue weighted by Gasteiger charge is 2.34. The van der Waals surface area contributed by atoms with E-state index in [4.69, 9.17) is 5.73 Å². The molecule has 6 rings (SSSR count). The number of likely N-dealkylation sites (tertiary alicyclic amines) is 1. The second kappa shape index (κ2) is 11.5. The lowest BCUT2D eigenvalue weighted by Crippen LogP contribution is -2.46. The summed E-state index contributed by atoms with van der Waals surface area (Å²) in [7, 11) is 0. The Bertz CT molecular complexity index is 1670. The van der Waals surface area contributed by atoms with Crippen LogP contribution >= 0.6 is 0 Å². The van der Waals surface area contributed by atoms with Crippen LogP contribution in [0.4, 0.5) is 4.39 Å². The van der Waals surface area contributed by atoms with E-state index in [0.717, 1.165) is 42.6 Å². The Morgan fingerprint density at radius 3 is 2.74 bits per heavy atom. The van der Waals surface area contributed by atoms with Gasteiger partial charge in [-0.1, -0.05) is 12.1 Å². The number of rotatable bonds is 7. The number of primary amides is 1. The van der Waals surface area contributed by atoms with Gasteiger partial charge in [-0.2, -0.15) is 5.10 Å². The monoisotopic (exact) mass is 570 g/mol. The number of carbonyl (C=O) groups excluding carboxylic acids is 3. The Balaban J connectivity index is 1.29. The van der Waals surface area contributed by atoms with Crippen LogP contribution in [-0.2, 0) is 35.5 Å². The number of ketones is 1. The first-order valence-corrected chi connectivity index (χ1v) is 14.6. The van der Waals surface area contributed by atoms with Crippen molar-refractivity contribution in [2.45, 2.75) is 77.2 Å². The number of halogens is 1. The molecule has 1 aromatic carbocycles. The molecular formula is C32H35FN6O3. The van der Waals surface area contributed by atoms with E-state index in [2.05, 4.69) is 10.1 Å². The first-order chi connectivity index (χ1) is 20.3. The molecule has 4 aromatic rings. The van der Waals surface area contributed by atoms with Crippen LogP contribution < -0.4 is 5.73 Å². The van der Waals surface area contributed by atoms with E-state index < -0.39 is 18.1 Å². The molecular weight excluding hydrogens is 535 g/mol. The maximum atomic E-state index is 14.5. The fourth-order valence-electron chi connectivity index (χ4n) is 6.39. The summed E-state index contributed by atoms with van der Waals surface area (Å²) < 4.78 is 18.2. The molecule has 2 aliphatic rings. The van der Waals surface area contributed by atoms with Gasteiger partial charge in [-0.3, -0.25) is 24.0 Å². The van der Waals surface area contributed by atoms with Gasteiger partial charge in [-0.15, -0.1) is 0 Å². The van der Waals surface area contributed by atoms with Gasteiger partial charge in [0, 0.05) is 52.8 Å². The second-order valence-electron chi connectivity index (χ2n) is 11.4. The van der Waals surface area contributed by atoms with Gasteiger partial charge in [0.1, 0.15) is 12.7 Å². The normalized spacial score (nSPS) is 19.0. The molecule has 0 radical (unpaired) electrons. The van der Waals surface area contributed by atoms with E-state index in [1.54, 1.807) is 16.8 Å². The van der Waals surface area contributed by atoms with E-state index >= 15 is 0 Å². The summed E-state index contributed by atoms with van der Waals surface area (Å²) in [4.78, 5) is 45.6. The van der Waals surface area contributed by atoms with Gasteiger partial charge < -0.3 is 15.2 Å². The molecule has 5 heterocycles. The van der Waals surface area contributed by atoms with Crippen molar-refractivity contribution in [1.82, 2.24) is 24.2 Å². The lowest BCUT2D eigenvalue weighted by atomic mass is 9.99. The van der Waals surface area contributed by atoms with Crippen LogP contribution in [0, 0.1) is 6.92 Å². The molecule has 1 fully saturated rings. The predicted octanol–water partition coefficient (Wildman–Crippen LogP) is 4.17. The summed E-state index contributed by atoms with van der Waals surface area (Å²) in [6.07, 6.45) is 6.29. The van der Waals surface area contributed by atoms with Crippen molar-refractivity contribution in [3.63, 3.8) is 0 Å². The third kappa shape index (κ3) is 5.45. The first-order valence-electron chi connectivity index (χ1n) is 14.6. The quantitative estimate of drug-likeness (QED) is 0.358. The Hall–Kier alpha value is -4.34. The Labute approximate surface area is 243 Å². The largest absolute Gasteiger partial charge is 0.366 e. The number of nitrogens with zero attached hydrogens (tertiary/aromatic N) is 5.